The minimum atomic E-state index is -4.60. The first-order valence-corrected chi connectivity index (χ1v) is 28.4. The first-order valence-electron chi connectivity index (χ1n) is 26.7. The SMILES string of the molecule is CCCCCCCC/C=C\CCCCCCCC(=O)OC(COC(=O)CCCCCCCCCCCCCCCCCCCCCCCC)COC1OC(CS(=O)(=O)O)C(O)C(O)C1O. The Bertz CT molecular complexity index is 1250. The molecular formula is C52H98O12S. The summed E-state index contributed by atoms with van der Waals surface area (Å²) in [7, 11) is -4.60. The van der Waals surface area contributed by atoms with Crippen LogP contribution in [0.15, 0.2) is 12.2 Å². The van der Waals surface area contributed by atoms with Gasteiger partial charge in [-0.3, -0.25) is 14.1 Å². The molecule has 0 aromatic rings. The van der Waals surface area contributed by atoms with E-state index in [1.807, 2.05) is 0 Å². The number of ether oxygens (including phenoxy) is 4. The lowest BCUT2D eigenvalue weighted by Gasteiger charge is -2.40. The van der Waals surface area contributed by atoms with E-state index >= 15 is 0 Å². The summed E-state index contributed by atoms with van der Waals surface area (Å²) >= 11 is 0. The van der Waals surface area contributed by atoms with E-state index in [2.05, 4.69) is 26.0 Å². The quantitative estimate of drug-likeness (QED) is 0.0196. The molecule has 0 aromatic heterocycles. The fourth-order valence-electron chi connectivity index (χ4n) is 8.44. The standard InChI is InChI=1S/C52H98O12S/c1-3-5-7-9-11-13-15-17-19-20-21-22-23-24-25-27-28-30-32-34-36-38-40-47(53)61-42-45(43-62-52-51(57)50(56)49(55)46(64-52)44-65(58,59)60)63-48(54)41-39-37-35-33-31-29-26-18-16-14-12-10-8-6-4-2/h18,26,45-46,49-52,55-57H,3-17,19-25,27-44H2,1-2H3,(H,58,59,60)/b26-18-. The third-order valence-electron chi connectivity index (χ3n) is 12.6. The molecule has 0 saturated carbocycles. The third kappa shape index (κ3) is 37.0. The van der Waals surface area contributed by atoms with E-state index in [9.17, 15) is 37.9 Å². The highest BCUT2D eigenvalue weighted by Crippen LogP contribution is 2.24. The molecule has 0 radical (unpaired) electrons. The average Bonchev–Trinajstić information content (AvgIpc) is 3.27. The van der Waals surface area contributed by atoms with Gasteiger partial charge in [0, 0.05) is 12.8 Å². The smallest absolute Gasteiger partial charge is 0.306 e. The molecule has 1 aliphatic heterocycles. The van der Waals surface area contributed by atoms with Crippen molar-refractivity contribution < 1.29 is 56.8 Å². The van der Waals surface area contributed by atoms with E-state index in [4.69, 9.17) is 18.9 Å². The molecule has 1 heterocycles. The van der Waals surface area contributed by atoms with Crippen molar-refractivity contribution in [2.24, 2.45) is 0 Å². The molecule has 13 heteroatoms. The Balaban J connectivity index is 2.32. The summed E-state index contributed by atoms with van der Waals surface area (Å²) in [4.78, 5) is 25.5. The molecule has 0 bridgehead atoms. The van der Waals surface area contributed by atoms with Gasteiger partial charge in [0.15, 0.2) is 12.4 Å². The van der Waals surface area contributed by atoms with Crippen molar-refractivity contribution in [2.45, 2.75) is 288 Å². The van der Waals surface area contributed by atoms with Crippen LogP contribution in [-0.2, 0) is 38.7 Å². The molecule has 384 valence electrons. The third-order valence-corrected chi connectivity index (χ3v) is 13.3. The zero-order valence-corrected chi connectivity index (χ0v) is 42.2. The first-order chi connectivity index (χ1) is 31.5. The normalized spacial score (nSPS) is 19.5. The molecule has 1 saturated heterocycles. The predicted octanol–water partition coefficient (Wildman–Crippen LogP) is 12.2. The van der Waals surface area contributed by atoms with Gasteiger partial charge in [-0.1, -0.05) is 212 Å². The number of carbonyl (C=O) groups is 2. The van der Waals surface area contributed by atoms with Gasteiger partial charge in [0.2, 0.25) is 0 Å². The van der Waals surface area contributed by atoms with Crippen LogP contribution in [0.25, 0.3) is 0 Å². The zero-order chi connectivity index (χ0) is 47.6. The van der Waals surface area contributed by atoms with Gasteiger partial charge in [-0.15, -0.1) is 0 Å². The fourth-order valence-corrected chi connectivity index (χ4v) is 9.13. The lowest BCUT2D eigenvalue weighted by Crippen LogP contribution is -2.60. The number of esters is 2. The van der Waals surface area contributed by atoms with Crippen LogP contribution >= 0.6 is 0 Å². The van der Waals surface area contributed by atoms with Gasteiger partial charge in [-0.2, -0.15) is 8.42 Å². The number of hydrogen-bond acceptors (Lipinski definition) is 11. The molecule has 0 spiro atoms. The van der Waals surface area contributed by atoms with Gasteiger partial charge in [0.05, 0.1) is 6.61 Å². The van der Waals surface area contributed by atoms with Gasteiger partial charge in [0.25, 0.3) is 10.1 Å². The van der Waals surface area contributed by atoms with Crippen molar-refractivity contribution in [2.75, 3.05) is 19.0 Å². The number of allylic oxidation sites excluding steroid dienone is 2. The number of hydrogen-bond donors (Lipinski definition) is 4. The monoisotopic (exact) mass is 947 g/mol. The maximum Gasteiger partial charge on any atom is 0.306 e. The second kappa shape index (κ2) is 42.5. The second-order valence-corrected chi connectivity index (χ2v) is 20.4. The van der Waals surface area contributed by atoms with E-state index in [1.165, 1.54) is 154 Å². The topological polar surface area (TPSA) is 186 Å². The van der Waals surface area contributed by atoms with E-state index in [0.29, 0.717) is 12.8 Å². The predicted molar refractivity (Wildman–Crippen MR) is 261 cm³/mol. The summed E-state index contributed by atoms with van der Waals surface area (Å²) < 4.78 is 54.3. The van der Waals surface area contributed by atoms with Crippen molar-refractivity contribution in [1.29, 1.82) is 0 Å². The second-order valence-electron chi connectivity index (χ2n) is 18.9. The summed E-state index contributed by atoms with van der Waals surface area (Å²) in [6.07, 6.45) is 38.3. The number of unbranched alkanes of at least 4 members (excludes halogenated alkanes) is 32. The molecule has 1 rings (SSSR count). The van der Waals surface area contributed by atoms with Crippen LogP contribution in [0.5, 0.6) is 0 Å². The van der Waals surface area contributed by atoms with Crippen LogP contribution in [-0.4, -0.2) is 96.0 Å². The summed E-state index contributed by atoms with van der Waals surface area (Å²) in [6.45, 7) is 3.79. The minimum Gasteiger partial charge on any atom is -0.462 e. The van der Waals surface area contributed by atoms with Crippen molar-refractivity contribution >= 4 is 22.1 Å². The molecule has 4 N–H and O–H groups in total. The molecule has 12 nitrogen and oxygen atoms in total. The molecule has 1 fully saturated rings. The van der Waals surface area contributed by atoms with Gasteiger partial charge in [-0.25, -0.2) is 0 Å². The van der Waals surface area contributed by atoms with E-state index in [-0.39, 0.29) is 19.4 Å². The molecule has 0 amide bonds. The summed E-state index contributed by atoms with van der Waals surface area (Å²) in [5.74, 6) is -1.97. The Hall–Kier alpha value is -1.61. The Kier molecular flexibility index (Phi) is 40.1. The molecule has 0 aliphatic carbocycles. The molecule has 6 unspecified atom stereocenters. The minimum absolute atomic E-state index is 0.159. The fraction of sp³-hybridized carbons (Fsp3) is 0.923. The molecule has 0 aromatic carbocycles. The average molecular weight is 947 g/mol. The highest BCUT2D eigenvalue weighted by atomic mass is 32.2. The maximum absolute atomic E-state index is 12.9. The van der Waals surface area contributed by atoms with Crippen molar-refractivity contribution in [3.05, 3.63) is 12.2 Å². The molecule has 65 heavy (non-hydrogen) atoms. The Morgan fingerprint density at radius 3 is 1.28 bits per heavy atom. The van der Waals surface area contributed by atoms with Crippen molar-refractivity contribution in [1.82, 2.24) is 0 Å². The maximum atomic E-state index is 12.9. The van der Waals surface area contributed by atoms with Gasteiger partial charge in [-0.05, 0) is 38.5 Å². The zero-order valence-electron chi connectivity index (χ0n) is 41.4. The first kappa shape index (κ1) is 61.4. The van der Waals surface area contributed by atoms with Crippen LogP contribution < -0.4 is 0 Å². The largest absolute Gasteiger partial charge is 0.462 e. The Morgan fingerprint density at radius 1 is 0.508 bits per heavy atom. The number of rotatable bonds is 46. The lowest BCUT2D eigenvalue weighted by molar-refractivity contribution is -0.297. The highest BCUT2D eigenvalue weighted by molar-refractivity contribution is 7.85. The number of carbonyl (C=O) groups excluding carboxylic acids is 2. The van der Waals surface area contributed by atoms with E-state index < -0.39 is 71.2 Å². The van der Waals surface area contributed by atoms with Crippen LogP contribution in [0.1, 0.15) is 251 Å². The highest BCUT2D eigenvalue weighted by Gasteiger charge is 2.46. The molecule has 1 aliphatic rings. The number of aliphatic hydroxyl groups excluding tert-OH is 3. The van der Waals surface area contributed by atoms with Crippen LogP contribution in [0.2, 0.25) is 0 Å². The van der Waals surface area contributed by atoms with Crippen molar-refractivity contribution in [3.8, 4) is 0 Å². The molecule has 6 atom stereocenters. The van der Waals surface area contributed by atoms with Crippen LogP contribution in [0, 0.1) is 0 Å². The van der Waals surface area contributed by atoms with Crippen molar-refractivity contribution in [3.63, 3.8) is 0 Å². The Labute approximate surface area is 396 Å². The van der Waals surface area contributed by atoms with E-state index in [0.717, 1.165) is 57.8 Å². The van der Waals surface area contributed by atoms with Gasteiger partial charge < -0.3 is 34.3 Å². The number of aliphatic hydroxyl groups is 3. The van der Waals surface area contributed by atoms with Gasteiger partial charge >= 0.3 is 11.9 Å². The van der Waals surface area contributed by atoms with Crippen LogP contribution in [0.3, 0.4) is 0 Å². The summed E-state index contributed by atoms with van der Waals surface area (Å²) in [5.41, 5.74) is 0. The summed E-state index contributed by atoms with van der Waals surface area (Å²) in [6, 6.07) is 0. The molecular weight excluding hydrogens is 849 g/mol. The van der Waals surface area contributed by atoms with E-state index in [1.54, 1.807) is 0 Å². The Morgan fingerprint density at radius 2 is 0.877 bits per heavy atom. The van der Waals surface area contributed by atoms with Crippen LogP contribution in [0.4, 0.5) is 0 Å². The van der Waals surface area contributed by atoms with Gasteiger partial charge in [0.1, 0.15) is 36.8 Å². The summed E-state index contributed by atoms with van der Waals surface area (Å²) in [5, 5.41) is 31.0. The lowest BCUT2D eigenvalue weighted by atomic mass is 10.00.